The second-order valence-electron chi connectivity index (χ2n) is 3.64. The Morgan fingerprint density at radius 2 is 2.19 bits per heavy atom. The summed E-state index contributed by atoms with van der Waals surface area (Å²) in [5, 5.41) is 0. The molecule has 1 aromatic rings. The molecule has 2 N–H and O–H groups in total. The number of cyclic esters (lactones) is 1. The summed E-state index contributed by atoms with van der Waals surface area (Å²) in [6.07, 6.45) is 4.39. The van der Waals surface area contributed by atoms with E-state index in [-0.39, 0.29) is 6.09 Å². The molecule has 1 amide bonds. The molecular weight excluding hydrogens is 208 g/mol. The van der Waals surface area contributed by atoms with Crippen molar-refractivity contribution in [1.82, 2.24) is 14.9 Å². The molecule has 1 saturated heterocycles. The van der Waals surface area contributed by atoms with E-state index in [4.69, 9.17) is 10.5 Å². The van der Waals surface area contributed by atoms with E-state index in [1.54, 1.807) is 17.3 Å². The zero-order chi connectivity index (χ0) is 11.4. The van der Waals surface area contributed by atoms with Crippen molar-refractivity contribution in [3.63, 3.8) is 0 Å². The highest BCUT2D eigenvalue weighted by Gasteiger charge is 2.19. The maximum absolute atomic E-state index is 11.3. The van der Waals surface area contributed by atoms with Crippen molar-refractivity contribution >= 4 is 11.8 Å². The molecule has 1 aliphatic heterocycles. The minimum Gasteiger partial charge on any atom is -0.449 e. The summed E-state index contributed by atoms with van der Waals surface area (Å²) in [7, 11) is 0. The zero-order valence-corrected chi connectivity index (χ0v) is 8.93. The Labute approximate surface area is 93.4 Å². The maximum Gasteiger partial charge on any atom is 0.409 e. The third kappa shape index (κ3) is 2.59. The van der Waals surface area contributed by atoms with Gasteiger partial charge in [-0.3, -0.25) is 0 Å². The molecule has 1 aliphatic rings. The molecule has 6 nitrogen and oxygen atoms in total. The van der Waals surface area contributed by atoms with Crippen molar-refractivity contribution in [2.45, 2.75) is 12.8 Å². The molecule has 0 saturated carbocycles. The van der Waals surface area contributed by atoms with Gasteiger partial charge in [-0.25, -0.2) is 14.8 Å². The summed E-state index contributed by atoms with van der Waals surface area (Å²) in [6, 6.07) is 0. The van der Waals surface area contributed by atoms with Crippen molar-refractivity contribution in [3.05, 3.63) is 18.2 Å². The van der Waals surface area contributed by atoms with E-state index in [2.05, 4.69) is 9.97 Å². The van der Waals surface area contributed by atoms with Crippen molar-refractivity contribution in [2.75, 3.05) is 25.4 Å². The number of rotatable bonds is 3. The monoisotopic (exact) mass is 222 g/mol. The Bertz CT molecular complexity index is 366. The van der Waals surface area contributed by atoms with E-state index in [1.165, 1.54) is 0 Å². The summed E-state index contributed by atoms with van der Waals surface area (Å²) < 4.78 is 4.92. The van der Waals surface area contributed by atoms with Crippen molar-refractivity contribution in [3.8, 4) is 0 Å². The molecular formula is C10H14N4O2. The van der Waals surface area contributed by atoms with Crippen LogP contribution in [0.3, 0.4) is 0 Å². The number of nitrogen functional groups attached to an aromatic ring is 1. The van der Waals surface area contributed by atoms with Crippen LogP contribution in [0.2, 0.25) is 0 Å². The molecule has 0 radical (unpaired) electrons. The third-order valence-corrected chi connectivity index (χ3v) is 2.39. The number of carbonyl (C=O) groups is 1. The average molecular weight is 222 g/mol. The standard InChI is InChI=1S/C10H14N4O2/c11-8-6-12-9(13-7-8)2-4-14-3-1-5-16-10(14)15/h6-7H,1-5,11H2. The molecule has 0 spiro atoms. The van der Waals surface area contributed by atoms with Gasteiger partial charge in [0.1, 0.15) is 5.82 Å². The van der Waals surface area contributed by atoms with Crippen LogP contribution in [0.4, 0.5) is 10.5 Å². The number of nitrogens with two attached hydrogens (primary N) is 1. The predicted octanol–water partition coefficient (Wildman–Crippen LogP) is 0.444. The Morgan fingerprint density at radius 1 is 1.44 bits per heavy atom. The second-order valence-corrected chi connectivity index (χ2v) is 3.64. The quantitative estimate of drug-likeness (QED) is 0.802. The van der Waals surface area contributed by atoms with Crippen LogP contribution in [0.1, 0.15) is 12.2 Å². The molecule has 0 atom stereocenters. The van der Waals surface area contributed by atoms with Crippen LogP contribution < -0.4 is 5.73 Å². The molecule has 1 aromatic heterocycles. The van der Waals surface area contributed by atoms with Gasteiger partial charge in [0.25, 0.3) is 0 Å². The Balaban J connectivity index is 1.86. The summed E-state index contributed by atoms with van der Waals surface area (Å²) in [5.74, 6) is 0.688. The summed E-state index contributed by atoms with van der Waals surface area (Å²) in [4.78, 5) is 21.1. The SMILES string of the molecule is Nc1cnc(CCN2CCCOC2=O)nc1. The second kappa shape index (κ2) is 4.78. The van der Waals surface area contributed by atoms with E-state index in [0.717, 1.165) is 13.0 Å². The highest BCUT2D eigenvalue weighted by molar-refractivity contribution is 5.68. The zero-order valence-electron chi connectivity index (χ0n) is 8.93. The van der Waals surface area contributed by atoms with Gasteiger partial charge in [0, 0.05) is 19.5 Å². The summed E-state index contributed by atoms with van der Waals surface area (Å²) in [5.41, 5.74) is 6.02. The smallest absolute Gasteiger partial charge is 0.409 e. The van der Waals surface area contributed by atoms with Crippen molar-refractivity contribution < 1.29 is 9.53 Å². The molecule has 0 unspecified atom stereocenters. The normalized spacial score (nSPS) is 16.0. The number of amides is 1. The van der Waals surface area contributed by atoms with Crippen LogP contribution in [0.25, 0.3) is 0 Å². The molecule has 86 valence electrons. The summed E-state index contributed by atoms with van der Waals surface area (Å²) >= 11 is 0. The highest BCUT2D eigenvalue weighted by atomic mass is 16.6. The molecule has 0 aromatic carbocycles. The van der Waals surface area contributed by atoms with Crippen LogP contribution in [0.5, 0.6) is 0 Å². The fourth-order valence-electron chi connectivity index (χ4n) is 1.53. The summed E-state index contributed by atoms with van der Waals surface area (Å²) in [6.45, 7) is 1.85. The van der Waals surface area contributed by atoms with E-state index in [0.29, 0.717) is 31.1 Å². The highest BCUT2D eigenvalue weighted by Crippen LogP contribution is 2.05. The van der Waals surface area contributed by atoms with E-state index >= 15 is 0 Å². The van der Waals surface area contributed by atoms with E-state index < -0.39 is 0 Å². The van der Waals surface area contributed by atoms with Gasteiger partial charge in [0.15, 0.2) is 0 Å². The first-order chi connectivity index (χ1) is 7.75. The fourth-order valence-corrected chi connectivity index (χ4v) is 1.53. The molecule has 6 heteroatoms. The lowest BCUT2D eigenvalue weighted by molar-refractivity contribution is 0.0733. The molecule has 16 heavy (non-hydrogen) atoms. The Morgan fingerprint density at radius 3 is 2.88 bits per heavy atom. The van der Waals surface area contributed by atoms with Gasteiger partial charge in [0.2, 0.25) is 0 Å². The van der Waals surface area contributed by atoms with Crippen LogP contribution in [0.15, 0.2) is 12.4 Å². The van der Waals surface area contributed by atoms with Gasteiger partial charge in [-0.15, -0.1) is 0 Å². The van der Waals surface area contributed by atoms with Gasteiger partial charge < -0.3 is 15.4 Å². The molecule has 1 fully saturated rings. The lowest BCUT2D eigenvalue weighted by atomic mass is 10.3. The van der Waals surface area contributed by atoms with Gasteiger partial charge >= 0.3 is 6.09 Å². The van der Waals surface area contributed by atoms with Gasteiger partial charge in [-0.1, -0.05) is 0 Å². The molecule has 0 aliphatic carbocycles. The lowest BCUT2D eigenvalue weighted by Crippen LogP contribution is -2.39. The maximum atomic E-state index is 11.3. The lowest BCUT2D eigenvalue weighted by Gasteiger charge is -2.25. The third-order valence-electron chi connectivity index (χ3n) is 2.39. The average Bonchev–Trinajstić information content (AvgIpc) is 2.30. The topological polar surface area (TPSA) is 81.3 Å². The van der Waals surface area contributed by atoms with Gasteiger partial charge in [-0.2, -0.15) is 0 Å². The number of hydrogen-bond acceptors (Lipinski definition) is 5. The first kappa shape index (κ1) is 10.7. The van der Waals surface area contributed by atoms with Crippen LogP contribution in [0, 0.1) is 0 Å². The van der Waals surface area contributed by atoms with E-state index in [1.807, 2.05) is 0 Å². The first-order valence-electron chi connectivity index (χ1n) is 5.24. The van der Waals surface area contributed by atoms with Gasteiger partial charge in [0.05, 0.1) is 24.7 Å². The molecule has 2 heterocycles. The van der Waals surface area contributed by atoms with Crippen LogP contribution in [-0.2, 0) is 11.2 Å². The number of hydrogen-bond donors (Lipinski definition) is 1. The minimum atomic E-state index is -0.248. The number of aromatic nitrogens is 2. The fraction of sp³-hybridized carbons (Fsp3) is 0.500. The Hall–Kier alpha value is -1.85. The predicted molar refractivity (Wildman–Crippen MR) is 57.7 cm³/mol. The molecule has 0 bridgehead atoms. The van der Waals surface area contributed by atoms with Crippen molar-refractivity contribution in [2.24, 2.45) is 0 Å². The largest absolute Gasteiger partial charge is 0.449 e. The number of anilines is 1. The van der Waals surface area contributed by atoms with Crippen molar-refractivity contribution in [1.29, 1.82) is 0 Å². The first-order valence-corrected chi connectivity index (χ1v) is 5.24. The van der Waals surface area contributed by atoms with Crippen LogP contribution in [-0.4, -0.2) is 40.7 Å². The minimum absolute atomic E-state index is 0.248. The van der Waals surface area contributed by atoms with Gasteiger partial charge in [-0.05, 0) is 6.42 Å². The number of nitrogens with zero attached hydrogens (tertiary/aromatic N) is 3. The Kier molecular flexibility index (Phi) is 3.19. The number of carbonyl (C=O) groups excluding carboxylic acids is 1. The van der Waals surface area contributed by atoms with E-state index in [9.17, 15) is 4.79 Å². The number of ether oxygens (including phenoxy) is 1. The van der Waals surface area contributed by atoms with Crippen LogP contribution >= 0.6 is 0 Å². The molecule has 2 rings (SSSR count).